The van der Waals surface area contributed by atoms with E-state index in [4.69, 9.17) is 5.73 Å². The monoisotopic (exact) mass is 168 g/mol. The highest BCUT2D eigenvalue weighted by Crippen LogP contribution is 2.48. The summed E-state index contributed by atoms with van der Waals surface area (Å²) in [6, 6.07) is 0. The second kappa shape index (κ2) is 3.00. The van der Waals surface area contributed by atoms with E-state index in [0.29, 0.717) is 5.41 Å². The lowest BCUT2D eigenvalue weighted by Crippen LogP contribution is -2.31. The van der Waals surface area contributed by atoms with Crippen molar-refractivity contribution in [2.24, 2.45) is 17.1 Å². The molecular formula is C10H20N2. The van der Waals surface area contributed by atoms with E-state index in [1.165, 1.54) is 38.8 Å². The van der Waals surface area contributed by atoms with Gasteiger partial charge >= 0.3 is 0 Å². The number of nitrogens with zero attached hydrogens (tertiary/aromatic N) is 1. The first-order chi connectivity index (χ1) is 5.77. The summed E-state index contributed by atoms with van der Waals surface area (Å²) in [6.45, 7) is 3.43. The van der Waals surface area contributed by atoms with Crippen LogP contribution in [-0.2, 0) is 0 Å². The van der Waals surface area contributed by atoms with Gasteiger partial charge in [-0.1, -0.05) is 12.8 Å². The summed E-state index contributed by atoms with van der Waals surface area (Å²) in [6.07, 6.45) is 5.73. The molecule has 1 heterocycles. The fourth-order valence-electron chi connectivity index (χ4n) is 3.27. The quantitative estimate of drug-likeness (QED) is 0.634. The molecule has 12 heavy (non-hydrogen) atoms. The first-order valence-corrected chi connectivity index (χ1v) is 5.15. The summed E-state index contributed by atoms with van der Waals surface area (Å²) in [7, 11) is 2.23. The van der Waals surface area contributed by atoms with Crippen LogP contribution in [0.5, 0.6) is 0 Å². The van der Waals surface area contributed by atoms with Crippen molar-refractivity contribution < 1.29 is 0 Å². The van der Waals surface area contributed by atoms with Crippen LogP contribution in [0, 0.1) is 11.3 Å². The molecule has 1 saturated heterocycles. The molecule has 0 radical (unpaired) electrons. The van der Waals surface area contributed by atoms with E-state index in [0.717, 1.165) is 12.5 Å². The number of rotatable bonds is 1. The van der Waals surface area contributed by atoms with Gasteiger partial charge in [-0.15, -0.1) is 0 Å². The molecule has 1 aliphatic carbocycles. The van der Waals surface area contributed by atoms with E-state index in [9.17, 15) is 0 Å². The molecule has 1 unspecified atom stereocenters. The largest absolute Gasteiger partial charge is 0.330 e. The molecule has 0 bridgehead atoms. The lowest BCUT2D eigenvalue weighted by atomic mass is 9.77. The Balaban J connectivity index is 2.11. The molecule has 0 aromatic heterocycles. The Morgan fingerprint density at radius 2 is 2.08 bits per heavy atom. The van der Waals surface area contributed by atoms with Gasteiger partial charge in [-0.2, -0.15) is 0 Å². The van der Waals surface area contributed by atoms with Gasteiger partial charge in [0, 0.05) is 13.1 Å². The fraction of sp³-hybridized carbons (Fsp3) is 1.00. The third-order valence-electron chi connectivity index (χ3n) is 3.87. The average molecular weight is 168 g/mol. The molecule has 2 N–H and O–H groups in total. The van der Waals surface area contributed by atoms with E-state index in [2.05, 4.69) is 11.9 Å². The van der Waals surface area contributed by atoms with Gasteiger partial charge in [-0.25, -0.2) is 0 Å². The Morgan fingerprint density at radius 3 is 2.67 bits per heavy atom. The smallest absolute Gasteiger partial charge is 0.00387 e. The summed E-state index contributed by atoms with van der Waals surface area (Å²) in [5.74, 6) is 0.782. The number of hydrogen-bond donors (Lipinski definition) is 1. The molecule has 1 aliphatic heterocycles. The molecule has 2 heteroatoms. The predicted octanol–water partition coefficient (Wildman–Crippen LogP) is 1.07. The summed E-state index contributed by atoms with van der Waals surface area (Å²) >= 11 is 0. The molecule has 1 atom stereocenters. The lowest BCUT2D eigenvalue weighted by molar-refractivity contribution is 0.231. The topological polar surface area (TPSA) is 29.3 Å². The van der Waals surface area contributed by atoms with Gasteiger partial charge in [-0.05, 0) is 37.8 Å². The van der Waals surface area contributed by atoms with E-state index in [-0.39, 0.29) is 0 Å². The highest BCUT2D eigenvalue weighted by Gasteiger charge is 2.45. The second-order valence-corrected chi connectivity index (χ2v) is 4.70. The van der Waals surface area contributed by atoms with Crippen molar-refractivity contribution in [2.75, 3.05) is 26.7 Å². The van der Waals surface area contributed by atoms with Gasteiger partial charge in [0.25, 0.3) is 0 Å². The van der Waals surface area contributed by atoms with Crippen molar-refractivity contribution >= 4 is 0 Å². The SMILES string of the molecule is CN1CC(CN)C2(CCCC2)C1. The zero-order chi connectivity index (χ0) is 8.60. The standard InChI is InChI=1S/C10H20N2/c1-12-7-9(6-11)10(8-12)4-2-3-5-10/h9H,2-8,11H2,1H3. The molecule has 2 nitrogen and oxygen atoms in total. The number of nitrogens with two attached hydrogens (primary N) is 1. The Bertz CT molecular complexity index is 161. The summed E-state index contributed by atoms with van der Waals surface area (Å²) in [4.78, 5) is 2.46. The molecular weight excluding hydrogens is 148 g/mol. The predicted molar refractivity (Wildman–Crippen MR) is 50.9 cm³/mol. The van der Waals surface area contributed by atoms with Gasteiger partial charge in [0.05, 0.1) is 0 Å². The molecule has 2 rings (SSSR count). The summed E-state index contributed by atoms with van der Waals surface area (Å²) in [5, 5.41) is 0. The van der Waals surface area contributed by atoms with Gasteiger partial charge in [0.2, 0.25) is 0 Å². The maximum atomic E-state index is 5.82. The Labute approximate surface area is 75.1 Å². The minimum Gasteiger partial charge on any atom is -0.330 e. The third-order valence-corrected chi connectivity index (χ3v) is 3.87. The van der Waals surface area contributed by atoms with Crippen molar-refractivity contribution in [1.82, 2.24) is 4.90 Å². The van der Waals surface area contributed by atoms with Crippen LogP contribution in [0.2, 0.25) is 0 Å². The second-order valence-electron chi connectivity index (χ2n) is 4.70. The summed E-state index contributed by atoms with van der Waals surface area (Å²) in [5.41, 5.74) is 6.45. The van der Waals surface area contributed by atoms with E-state index in [1.807, 2.05) is 0 Å². The van der Waals surface area contributed by atoms with Gasteiger partial charge < -0.3 is 10.6 Å². The van der Waals surface area contributed by atoms with Gasteiger partial charge in [0.15, 0.2) is 0 Å². The molecule has 70 valence electrons. The third kappa shape index (κ3) is 1.17. The minimum absolute atomic E-state index is 0.628. The first-order valence-electron chi connectivity index (χ1n) is 5.15. The molecule has 0 aromatic carbocycles. The first kappa shape index (κ1) is 8.52. The van der Waals surface area contributed by atoms with Crippen LogP contribution in [-0.4, -0.2) is 31.6 Å². The Hall–Kier alpha value is -0.0800. The fourth-order valence-corrected chi connectivity index (χ4v) is 3.27. The molecule has 2 aliphatic rings. The number of likely N-dealkylation sites (tertiary alicyclic amines) is 1. The Kier molecular flexibility index (Phi) is 2.13. The maximum Gasteiger partial charge on any atom is 0.00387 e. The van der Waals surface area contributed by atoms with Gasteiger partial charge in [-0.3, -0.25) is 0 Å². The van der Waals surface area contributed by atoms with Crippen molar-refractivity contribution in [3.05, 3.63) is 0 Å². The molecule has 2 fully saturated rings. The van der Waals surface area contributed by atoms with Crippen LogP contribution in [0.15, 0.2) is 0 Å². The molecule has 0 amide bonds. The number of hydrogen-bond acceptors (Lipinski definition) is 2. The lowest BCUT2D eigenvalue weighted by Gasteiger charge is -2.28. The zero-order valence-electron chi connectivity index (χ0n) is 8.05. The van der Waals surface area contributed by atoms with Gasteiger partial charge in [0.1, 0.15) is 0 Å². The van der Waals surface area contributed by atoms with Crippen molar-refractivity contribution in [3.63, 3.8) is 0 Å². The van der Waals surface area contributed by atoms with E-state index >= 15 is 0 Å². The summed E-state index contributed by atoms with van der Waals surface area (Å²) < 4.78 is 0. The van der Waals surface area contributed by atoms with Crippen LogP contribution in [0.3, 0.4) is 0 Å². The normalized spacial score (nSPS) is 35.0. The van der Waals surface area contributed by atoms with Crippen LogP contribution < -0.4 is 5.73 Å². The maximum absolute atomic E-state index is 5.82. The Morgan fingerprint density at radius 1 is 1.42 bits per heavy atom. The minimum atomic E-state index is 0.628. The molecule has 1 saturated carbocycles. The van der Waals surface area contributed by atoms with Crippen LogP contribution in [0.4, 0.5) is 0 Å². The van der Waals surface area contributed by atoms with E-state index in [1.54, 1.807) is 0 Å². The average Bonchev–Trinajstić information content (AvgIpc) is 2.60. The van der Waals surface area contributed by atoms with E-state index < -0.39 is 0 Å². The van der Waals surface area contributed by atoms with Crippen LogP contribution >= 0.6 is 0 Å². The zero-order valence-corrected chi connectivity index (χ0v) is 8.05. The van der Waals surface area contributed by atoms with Crippen LogP contribution in [0.25, 0.3) is 0 Å². The van der Waals surface area contributed by atoms with Crippen molar-refractivity contribution in [2.45, 2.75) is 25.7 Å². The van der Waals surface area contributed by atoms with Crippen molar-refractivity contribution in [1.29, 1.82) is 0 Å². The van der Waals surface area contributed by atoms with Crippen LogP contribution in [0.1, 0.15) is 25.7 Å². The highest BCUT2D eigenvalue weighted by molar-refractivity contribution is 4.98. The highest BCUT2D eigenvalue weighted by atomic mass is 15.1. The molecule has 1 spiro atoms. The molecule has 0 aromatic rings. The van der Waals surface area contributed by atoms with Crippen molar-refractivity contribution in [3.8, 4) is 0 Å².